The minimum atomic E-state index is 0.101. The zero-order valence-corrected chi connectivity index (χ0v) is 10.00. The van der Waals surface area contributed by atoms with Crippen molar-refractivity contribution in [3.8, 4) is 0 Å². The van der Waals surface area contributed by atoms with Crippen LogP contribution in [0.2, 0.25) is 5.02 Å². The molecule has 0 bridgehead atoms. The maximum absolute atomic E-state index is 12.0. The fraction of sp³-hybridized carbons (Fsp3) is 0.417. The average Bonchev–Trinajstić information content (AvgIpc) is 2.23. The van der Waals surface area contributed by atoms with Gasteiger partial charge in [-0.25, -0.2) is 0 Å². The van der Waals surface area contributed by atoms with Gasteiger partial charge in [-0.1, -0.05) is 11.6 Å². The first-order chi connectivity index (χ1) is 7.70. The lowest BCUT2D eigenvalue weighted by Gasteiger charge is -2.39. The SMILES string of the molecule is CNCC1CN(C(=O)c2ccc(Cl)cc2)C1. The molecule has 0 aliphatic carbocycles. The summed E-state index contributed by atoms with van der Waals surface area (Å²) in [5.41, 5.74) is 0.715. The van der Waals surface area contributed by atoms with Crippen LogP contribution in [0.25, 0.3) is 0 Å². The second-order valence-electron chi connectivity index (χ2n) is 4.14. The maximum atomic E-state index is 12.0. The van der Waals surface area contributed by atoms with Crippen molar-refractivity contribution >= 4 is 17.5 Å². The van der Waals surface area contributed by atoms with Gasteiger partial charge in [-0.15, -0.1) is 0 Å². The van der Waals surface area contributed by atoms with E-state index in [0.29, 0.717) is 16.5 Å². The highest BCUT2D eigenvalue weighted by Gasteiger charge is 2.30. The van der Waals surface area contributed by atoms with E-state index >= 15 is 0 Å². The number of hydrogen-bond donors (Lipinski definition) is 1. The second-order valence-corrected chi connectivity index (χ2v) is 4.58. The number of benzene rings is 1. The molecule has 1 amide bonds. The summed E-state index contributed by atoms with van der Waals surface area (Å²) in [5.74, 6) is 0.699. The van der Waals surface area contributed by atoms with E-state index in [9.17, 15) is 4.79 Å². The van der Waals surface area contributed by atoms with Crippen molar-refractivity contribution in [1.82, 2.24) is 10.2 Å². The predicted molar refractivity (Wildman–Crippen MR) is 64.8 cm³/mol. The van der Waals surface area contributed by atoms with Gasteiger partial charge in [0.2, 0.25) is 0 Å². The Hall–Kier alpha value is -1.06. The van der Waals surface area contributed by atoms with Gasteiger partial charge >= 0.3 is 0 Å². The number of amides is 1. The van der Waals surface area contributed by atoms with Crippen molar-refractivity contribution in [2.45, 2.75) is 0 Å². The van der Waals surface area contributed by atoms with Gasteiger partial charge in [0.05, 0.1) is 0 Å². The van der Waals surface area contributed by atoms with Crippen molar-refractivity contribution in [3.63, 3.8) is 0 Å². The summed E-state index contributed by atoms with van der Waals surface area (Å²) in [7, 11) is 1.93. The van der Waals surface area contributed by atoms with Gasteiger partial charge in [-0.05, 0) is 31.3 Å². The molecule has 1 saturated heterocycles. The van der Waals surface area contributed by atoms with Gasteiger partial charge in [0.1, 0.15) is 0 Å². The van der Waals surface area contributed by atoms with E-state index in [-0.39, 0.29) is 5.91 Å². The standard InChI is InChI=1S/C12H15ClN2O/c1-14-6-9-7-15(8-9)12(16)10-2-4-11(13)5-3-10/h2-5,9,14H,6-8H2,1H3. The van der Waals surface area contributed by atoms with E-state index in [4.69, 9.17) is 11.6 Å². The van der Waals surface area contributed by atoms with Crippen LogP contribution in [0, 0.1) is 5.92 Å². The summed E-state index contributed by atoms with van der Waals surface area (Å²) in [6.45, 7) is 2.68. The largest absolute Gasteiger partial charge is 0.338 e. The summed E-state index contributed by atoms with van der Waals surface area (Å²) in [6.07, 6.45) is 0. The fourth-order valence-corrected chi connectivity index (χ4v) is 2.05. The topological polar surface area (TPSA) is 32.3 Å². The van der Waals surface area contributed by atoms with Crippen LogP contribution in [0.4, 0.5) is 0 Å². The zero-order valence-electron chi connectivity index (χ0n) is 9.24. The Bertz CT molecular complexity index is 371. The number of nitrogens with zero attached hydrogens (tertiary/aromatic N) is 1. The minimum Gasteiger partial charge on any atom is -0.338 e. The van der Waals surface area contributed by atoms with E-state index in [2.05, 4.69) is 5.32 Å². The smallest absolute Gasteiger partial charge is 0.253 e. The number of carbonyl (C=O) groups excluding carboxylic acids is 1. The Morgan fingerprint density at radius 2 is 2.06 bits per heavy atom. The lowest BCUT2D eigenvalue weighted by atomic mass is 9.99. The molecule has 0 unspecified atom stereocenters. The van der Waals surface area contributed by atoms with Gasteiger partial charge in [0.15, 0.2) is 0 Å². The first-order valence-electron chi connectivity index (χ1n) is 5.40. The minimum absolute atomic E-state index is 0.101. The van der Waals surface area contributed by atoms with Crippen molar-refractivity contribution in [1.29, 1.82) is 0 Å². The fourth-order valence-electron chi connectivity index (χ4n) is 1.93. The highest BCUT2D eigenvalue weighted by molar-refractivity contribution is 6.30. The van der Waals surface area contributed by atoms with E-state index in [1.807, 2.05) is 11.9 Å². The lowest BCUT2D eigenvalue weighted by Crippen LogP contribution is -2.52. The van der Waals surface area contributed by atoms with E-state index in [1.54, 1.807) is 24.3 Å². The van der Waals surface area contributed by atoms with Crippen LogP contribution in [0.3, 0.4) is 0 Å². The third-order valence-corrected chi connectivity index (χ3v) is 3.08. The monoisotopic (exact) mass is 238 g/mol. The number of hydrogen-bond acceptors (Lipinski definition) is 2. The highest BCUT2D eigenvalue weighted by atomic mass is 35.5. The summed E-state index contributed by atoms with van der Waals surface area (Å²) in [5, 5.41) is 3.78. The van der Waals surface area contributed by atoms with Gasteiger partial charge < -0.3 is 10.2 Å². The molecule has 0 spiro atoms. The Balaban J connectivity index is 1.92. The quantitative estimate of drug-likeness (QED) is 0.868. The first-order valence-corrected chi connectivity index (χ1v) is 5.78. The van der Waals surface area contributed by atoms with Crippen molar-refractivity contribution in [2.24, 2.45) is 5.92 Å². The van der Waals surface area contributed by atoms with Crippen LogP contribution in [0.5, 0.6) is 0 Å². The molecule has 3 nitrogen and oxygen atoms in total. The molecule has 1 N–H and O–H groups in total. The summed E-state index contributed by atoms with van der Waals surface area (Å²) in [4.78, 5) is 13.8. The van der Waals surface area contributed by atoms with Gasteiger partial charge in [-0.2, -0.15) is 0 Å². The molecule has 2 rings (SSSR count). The molecule has 86 valence electrons. The van der Waals surface area contributed by atoms with E-state index in [1.165, 1.54) is 0 Å². The molecule has 4 heteroatoms. The van der Waals surface area contributed by atoms with Gasteiger partial charge in [0, 0.05) is 36.1 Å². The van der Waals surface area contributed by atoms with Gasteiger partial charge in [0.25, 0.3) is 5.91 Å². The average molecular weight is 239 g/mol. The molecule has 0 atom stereocenters. The summed E-state index contributed by atoms with van der Waals surface area (Å²) >= 11 is 5.78. The molecule has 1 aliphatic heterocycles. The lowest BCUT2D eigenvalue weighted by molar-refractivity contribution is 0.0504. The third-order valence-electron chi connectivity index (χ3n) is 2.83. The number of rotatable bonds is 3. The van der Waals surface area contributed by atoms with Crippen LogP contribution >= 0.6 is 11.6 Å². The van der Waals surface area contributed by atoms with Crippen LogP contribution < -0.4 is 5.32 Å². The van der Waals surface area contributed by atoms with Crippen LogP contribution in [0.1, 0.15) is 10.4 Å². The first kappa shape index (κ1) is 11.4. The van der Waals surface area contributed by atoms with Crippen LogP contribution in [0.15, 0.2) is 24.3 Å². The highest BCUT2D eigenvalue weighted by Crippen LogP contribution is 2.19. The molecule has 1 fully saturated rings. The molecule has 16 heavy (non-hydrogen) atoms. The molecule has 0 saturated carbocycles. The van der Waals surface area contributed by atoms with Crippen molar-refractivity contribution in [2.75, 3.05) is 26.7 Å². The van der Waals surface area contributed by atoms with Crippen molar-refractivity contribution in [3.05, 3.63) is 34.9 Å². The van der Waals surface area contributed by atoms with Crippen LogP contribution in [-0.4, -0.2) is 37.5 Å². The number of halogens is 1. The van der Waals surface area contributed by atoms with E-state index < -0.39 is 0 Å². The Morgan fingerprint density at radius 3 is 2.62 bits per heavy atom. The van der Waals surface area contributed by atoms with E-state index in [0.717, 1.165) is 19.6 Å². The normalized spacial score (nSPS) is 16.0. The third kappa shape index (κ3) is 2.36. The Kier molecular flexibility index (Phi) is 3.46. The molecular formula is C12H15ClN2O. The predicted octanol–water partition coefficient (Wildman–Crippen LogP) is 1.63. The number of carbonyl (C=O) groups is 1. The molecule has 1 aromatic carbocycles. The number of nitrogens with one attached hydrogen (secondary N) is 1. The molecule has 1 aromatic rings. The second kappa shape index (κ2) is 4.85. The molecule has 1 aliphatic rings. The molecular weight excluding hydrogens is 224 g/mol. The van der Waals surface area contributed by atoms with Crippen molar-refractivity contribution < 1.29 is 4.79 Å². The Morgan fingerprint density at radius 1 is 1.44 bits per heavy atom. The number of likely N-dealkylation sites (tertiary alicyclic amines) is 1. The summed E-state index contributed by atoms with van der Waals surface area (Å²) < 4.78 is 0. The maximum Gasteiger partial charge on any atom is 0.253 e. The van der Waals surface area contributed by atoms with Gasteiger partial charge in [-0.3, -0.25) is 4.79 Å². The Labute approximate surface area is 100 Å². The molecule has 1 heterocycles. The molecule has 0 radical (unpaired) electrons. The van der Waals surface area contributed by atoms with Crippen LogP contribution in [-0.2, 0) is 0 Å². The molecule has 0 aromatic heterocycles. The zero-order chi connectivity index (χ0) is 11.5. The summed E-state index contributed by atoms with van der Waals surface area (Å²) in [6, 6.07) is 7.05.